The molecule has 0 aliphatic carbocycles. The Hall–Kier alpha value is -1.61. The molecule has 0 spiro atoms. The molecular weight excluding hydrogens is 259 g/mol. The monoisotopic (exact) mass is 270 g/mol. The average Bonchev–Trinajstić information content (AvgIpc) is 2.84. The molecule has 0 atom stereocenters. The summed E-state index contributed by atoms with van der Waals surface area (Å²) in [7, 11) is 0. The van der Waals surface area contributed by atoms with Crippen LogP contribution in [0.4, 0.5) is 0 Å². The SMILES string of the molecule is Cc1cccn2c(=O)c(-c3nn[nH]n3)cnc12.O.[H-].[Na+]. The van der Waals surface area contributed by atoms with Crippen molar-refractivity contribution in [2.24, 2.45) is 0 Å². The van der Waals surface area contributed by atoms with Gasteiger partial charge in [-0.1, -0.05) is 6.07 Å². The van der Waals surface area contributed by atoms with Gasteiger partial charge < -0.3 is 6.90 Å². The summed E-state index contributed by atoms with van der Waals surface area (Å²) in [6, 6.07) is 3.70. The van der Waals surface area contributed by atoms with Gasteiger partial charge in [-0.05, 0) is 23.8 Å². The maximum atomic E-state index is 12.2. The van der Waals surface area contributed by atoms with Gasteiger partial charge in [-0.3, -0.25) is 9.20 Å². The Balaban J connectivity index is 0.00000120. The fourth-order valence-electron chi connectivity index (χ4n) is 1.68. The largest absolute Gasteiger partial charge is 1.00 e. The number of H-pyrrole nitrogens is 1. The number of pyridine rings is 1. The van der Waals surface area contributed by atoms with E-state index in [0.29, 0.717) is 11.2 Å². The average molecular weight is 270 g/mol. The van der Waals surface area contributed by atoms with Gasteiger partial charge in [-0.2, -0.15) is 5.21 Å². The van der Waals surface area contributed by atoms with Gasteiger partial charge in [0.15, 0.2) is 0 Å². The van der Waals surface area contributed by atoms with Crippen LogP contribution >= 0.6 is 0 Å². The van der Waals surface area contributed by atoms with Crippen molar-refractivity contribution in [3.05, 3.63) is 40.4 Å². The molecule has 0 radical (unpaired) electrons. The van der Waals surface area contributed by atoms with E-state index in [1.807, 2.05) is 13.0 Å². The van der Waals surface area contributed by atoms with Crippen molar-refractivity contribution in [2.45, 2.75) is 6.92 Å². The summed E-state index contributed by atoms with van der Waals surface area (Å²) in [6.45, 7) is 1.90. The Bertz CT molecular complexity index is 745. The summed E-state index contributed by atoms with van der Waals surface area (Å²) in [4.78, 5) is 16.4. The first-order chi connectivity index (χ1) is 8.27. The second kappa shape index (κ2) is 6.02. The zero-order valence-electron chi connectivity index (χ0n) is 11.5. The number of aromatic amines is 1. The third kappa shape index (κ3) is 2.56. The zero-order valence-corrected chi connectivity index (χ0v) is 12.5. The predicted molar refractivity (Wildman–Crippen MR) is 64.1 cm³/mol. The van der Waals surface area contributed by atoms with Gasteiger partial charge in [0.2, 0.25) is 5.82 Å². The maximum absolute atomic E-state index is 12.2. The first-order valence-electron chi connectivity index (χ1n) is 4.98. The van der Waals surface area contributed by atoms with Crippen LogP contribution in [0.5, 0.6) is 0 Å². The van der Waals surface area contributed by atoms with Crippen LogP contribution in [0, 0.1) is 6.92 Å². The molecule has 0 saturated heterocycles. The van der Waals surface area contributed by atoms with Gasteiger partial charge in [0.05, 0.1) is 0 Å². The Morgan fingerprint density at radius 3 is 2.89 bits per heavy atom. The molecule has 0 fully saturated rings. The summed E-state index contributed by atoms with van der Waals surface area (Å²) < 4.78 is 1.47. The van der Waals surface area contributed by atoms with Crippen LogP contribution in [-0.2, 0) is 0 Å². The number of nitrogens with zero attached hydrogens (tertiary/aromatic N) is 5. The Labute approximate surface area is 131 Å². The van der Waals surface area contributed by atoms with Gasteiger partial charge in [0.1, 0.15) is 11.2 Å². The summed E-state index contributed by atoms with van der Waals surface area (Å²) in [6.07, 6.45) is 3.14. The molecule has 3 N–H and O–H groups in total. The molecule has 3 rings (SSSR count). The number of tetrazole rings is 1. The van der Waals surface area contributed by atoms with E-state index in [1.54, 1.807) is 12.3 Å². The van der Waals surface area contributed by atoms with Crippen LogP contribution in [0.2, 0.25) is 0 Å². The van der Waals surface area contributed by atoms with Crippen molar-refractivity contribution < 1.29 is 36.5 Å². The minimum atomic E-state index is -0.208. The Kier molecular flexibility index (Phi) is 4.90. The van der Waals surface area contributed by atoms with Crippen molar-refractivity contribution in [3.63, 3.8) is 0 Å². The first kappa shape index (κ1) is 15.4. The Morgan fingerprint density at radius 1 is 1.42 bits per heavy atom. The molecule has 0 aliphatic rings. The molecule has 0 aliphatic heterocycles. The van der Waals surface area contributed by atoms with Gasteiger partial charge in [0, 0.05) is 12.4 Å². The van der Waals surface area contributed by atoms with Crippen LogP contribution < -0.4 is 35.1 Å². The van der Waals surface area contributed by atoms with Crippen molar-refractivity contribution in [2.75, 3.05) is 0 Å². The minimum Gasteiger partial charge on any atom is -1.00 e. The van der Waals surface area contributed by atoms with E-state index in [2.05, 4.69) is 25.6 Å². The maximum Gasteiger partial charge on any atom is 1.00 e. The third-order valence-electron chi connectivity index (χ3n) is 2.51. The summed E-state index contributed by atoms with van der Waals surface area (Å²) in [5, 5.41) is 13.3. The van der Waals surface area contributed by atoms with E-state index in [-0.39, 0.29) is 47.8 Å². The van der Waals surface area contributed by atoms with Crippen molar-refractivity contribution in [1.29, 1.82) is 0 Å². The van der Waals surface area contributed by atoms with E-state index >= 15 is 0 Å². The molecule has 0 unspecified atom stereocenters. The van der Waals surface area contributed by atoms with E-state index in [0.717, 1.165) is 5.56 Å². The van der Waals surface area contributed by atoms with Crippen molar-refractivity contribution >= 4 is 5.65 Å². The van der Waals surface area contributed by atoms with E-state index in [4.69, 9.17) is 0 Å². The van der Waals surface area contributed by atoms with Crippen molar-refractivity contribution in [3.8, 4) is 11.4 Å². The van der Waals surface area contributed by atoms with Crippen LogP contribution in [0.3, 0.4) is 0 Å². The fourth-order valence-corrected chi connectivity index (χ4v) is 1.68. The summed E-state index contributed by atoms with van der Waals surface area (Å²) in [5.74, 6) is 0.249. The number of aryl methyl sites for hydroxylation is 1. The molecule has 9 heteroatoms. The number of nitrogens with one attached hydrogen (secondary N) is 1. The number of rotatable bonds is 1. The molecule has 0 bridgehead atoms. The number of aromatic nitrogens is 6. The molecule has 3 heterocycles. The molecule has 94 valence electrons. The molecule has 8 nitrogen and oxygen atoms in total. The van der Waals surface area contributed by atoms with Crippen LogP contribution in [0.25, 0.3) is 17.0 Å². The topological polar surface area (TPSA) is 120 Å². The predicted octanol–water partition coefficient (Wildman–Crippen LogP) is -3.53. The summed E-state index contributed by atoms with van der Waals surface area (Å²) in [5.41, 5.74) is 1.68. The second-order valence-electron chi connectivity index (χ2n) is 3.60. The third-order valence-corrected chi connectivity index (χ3v) is 2.51. The standard InChI is InChI=1S/C10H8N6O.Na.H2O.H/c1-6-3-2-4-16-9(6)11-5-7(10(16)17)8-12-14-15-13-8;;;/h2-5H,1H3,(H,12,13,14,15);;1H2;/q;+1;;-1. The molecule has 3 aromatic rings. The van der Waals surface area contributed by atoms with Crippen molar-refractivity contribution in [1.82, 2.24) is 30.0 Å². The molecule has 0 amide bonds. The van der Waals surface area contributed by atoms with Gasteiger partial charge >= 0.3 is 29.6 Å². The number of fused-ring (bicyclic) bond motifs is 1. The molecule has 0 aromatic carbocycles. The van der Waals surface area contributed by atoms with E-state index in [1.165, 1.54) is 10.6 Å². The van der Waals surface area contributed by atoms with Gasteiger partial charge in [0.25, 0.3) is 5.56 Å². The first-order valence-corrected chi connectivity index (χ1v) is 4.98. The van der Waals surface area contributed by atoms with Gasteiger partial charge in [-0.15, -0.1) is 10.2 Å². The van der Waals surface area contributed by atoms with Crippen LogP contribution in [-0.4, -0.2) is 35.5 Å². The normalized spacial score (nSPS) is 9.74. The molecule has 19 heavy (non-hydrogen) atoms. The molecular formula is C10H11N6NaO2. The van der Waals surface area contributed by atoms with Crippen LogP contribution in [0.15, 0.2) is 29.3 Å². The van der Waals surface area contributed by atoms with Gasteiger partial charge in [-0.25, -0.2) is 4.98 Å². The number of hydrogen-bond donors (Lipinski definition) is 1. The molecule has 3 aromatic heterocycles. The minimum absolute atomic E-state index is 0. The van der Waals surface area contributed by atoms with E-state index in [9.17, 15) is 4.79 Å². The fraction of sp³-hybridized carbons (Fsp3) is 0.100. The quantitative estimate of drug-likeness (QED) is 0.459. The second-order valence-corrected chi connectivity index (χ2v) is 3.60. The van der Waals surface area contributed by atoms with Crippen LogP contribution in [0.1, 0.15) is 6.99 Å². The summed E-state index contributed by atoms with van der Waals surface area (Å²) >= 11 is 0. The zero-order chi connectivity index (χ0) is 11.8. The number of hydrogen-bond acceptors (Lipinski definition) is 5. The molecule has 0 saturated carbocycles. The Morgan fingerprint density at radius 2 is 2.21 bits per heavy atom. The van der Waals surface area contributed by atoms with E-state index < -0.39 is 0 Å². The smallest absolute Gasteiger partial charge is 1.00 e.